The van der Waals surface area contributed by atoms with Gasteiger partial charge in [0.25, 0.3) is 11.8 Å². The molecule has 2 N–H and O–H groups in total. The van der Waals surface area contributed by atoms with E-state index in [9.17, 15) is 14.0 Å². The zero-order chi connectivity index (χ0) is 20.6. The number of carbonyl (C=O) groups is 2. The Hall–Kier alpha value is -3.47. The van der Waals surface area contributed by atoms with Crippen molar-refractivity contribution < 1.29 is 14.0 Å². The molecule has 0 atom stereocenters. The molecule has 29 heavy (non-hydrogen) atoms. The summed E-state index contributed by atoms with van der Waals surface area (Å²) in [6.45, 7) is 2.78. The highest BCUT2D eigenvalue weighted by atomic mass is 19.1. The summed E-state index contributed by atoms with van der Waals surface area (Å²) in [4.78, 5) is 24.5. The van der Waals surface area contributed by atoms with Gasteiger partial charge in [-0.2, -0.15) is 0 Å². The largest absolute Gasteiger partial charge is 0.352 e. The van der Waals surface area contributed by atoms with Crippen LogP contribution in [-0.2, 0) is 13.0 Å². The van der Waals surface area contributed by atoms with E-state index in [1.165, 1.54) is 6.07 Å². The molecule has 148 valence electrons. The van der Waals surface area contributed by atoms with Gasteiger partial charge in [0.1, 0.15) is 5.82 Å². The average Bonchev–Trinajstić information content (AvgIpc) is 2.73. The molecule has 0 spiro atoms. The predicted octanol–water partition coefficient (Wildman–Crippen LogP) is 4.04. The Labute approximate surface area is 169 Å². The number of benzene rings is 3. The third-order valence-corrected chi connectivity index (χ3v) is 4.58. The summed E-state index contributed by atoms with van der Waals surface area (Å²) in [5.74, 6) is -0.728. The summed E-state index contributed by atoms with van der Waals surface area (Å²) in [5, 5.41) is 5.64. The van der Waals surface area contributed by atoms with Crippen LogP contribution in [0, 0.1) is 12.7 Å². The van der Waals surface area contributed by atoms with Crippen molar-refractivity contribution in [3.8, 4) is 0 Å². The Morgan fingerprint density at radius 2 is 1.48 bits per heavy atom. The Bertz CT molecular complexity index is 1000. The third-order valence-electron chi connectivity index (χ3n) is 4.58. The fraction of sp³-hybridized carbons (Fsp3) is 0.167. The smallest absolute Gasteiger partial charge is 0.251 e. The monoisotopic (exact) mass is 390 g/mol. The van der Waals surface area contributed by atoms with Crippen LogP contribution in [0.2, 0.25) is 0 Å². The van der Waals surface area contributed by atoms with Gasteiger partial charge in [0.05, 0.1) is 0 Å². The number of hydrogen-bond donors (Lipinski definition) is 2. The summed E-state index contributed by atoms with van der Waals surface area (Å²) in [7, 11) is 0. The highest BCUT2D eigenvalue weighted by Gasteiger charge is 2.09. The number of nitrogens with one attached hydrogen (secondary N) is 2. The number of carbonyl (C=O) groups excluding carboxylic acids is 2. The van der Waals surface area contributed by atoms with Gasteiger partial charge in [-0.3, -0.25) is 9.59 Å². The minimum Gasteiger partial charge on any atom is -0.352 e. The van der Waals surface area contributed by atoms with Crippen LogP contribution in [0.3, 0.4) is 0 Å². The van der Waals surface area contributed by atoms with Gasteiger partial charge in [-0.1, -0.05) is 48.0 Å². The van der Waals surface area contributed by atoms with Gasteiger partial charge in [0, 0.05) is 24.2 Å². The molecule has 0 aliphatic heterocycles. The SMILES string of the molecule is Cc1cccc(CNC(=O)c2ccc(C(=O)NCCc3ccccc3F)cc2)c1. The van der Waals surface area contributed by atoms with Gasteiger partial charge < -0.3 is 10.6 Å². The zero-order valence-electron chi connectivity index (χ0n) is 16.2. The average molecular weight is 390 g/mol. The molecule has 5 heteroatoms. The highest BCUT2D eigenvalue weighted by Crippen LogP contribution is 2.08. The van der Waals surface area contributed by atoms with Crippen LogP contribution >= 0.6 is 0 Å². The Morgan fingerprint density at radius 1 is 0.828 bits per heavy atom. The minimum atomic E-state index is -0.275. The molecule has 0 aliphatic carbocycles. The zero-order valence-corrected chi connectivity index (χ0v) is 16.2. The molecule has 0 saturated carbocycles. The van der Waals surface area contributed by atoms with Crippen molar-refractivity contribution in [2.75, 3.05) is 6.54 Å². The van der Waals surface area contributed by atoms with Crippen molar-refractivity contribution >= 4 is 11.8 Å². The molecule has 0 radical (unpaired) electrons. The molecular formula is C24H23FN2O2. The maximum atomic E-state index is 13.6. The van der Waals surface area contributed by atoms with Crippen LogP contribution in [0.25, 0.3) is 0 Å². The molecule has 0 unspecified atom stereocenters. The lowest BCUT2D eigenvalue weighted by Gasteiger charge is -2.08. The van der Waals surface area contributed by atoms with E-state index < -0.39 is 0 Å². The summed E-state index contributed by atoms with van der Waals surface area (Å²) in [6, 6.07) is 20.9. The Balaban J connectivity index is 1.50. The molecule has 0 bridgehead atoms. The molecule has 3 aromatic carbocycles. The van der Waals surface area contributed by atoms with Gasteiger partial charge in [-0.15, -0.1) is 0 Å². The first-order valence-electron chi connectivity index (χ1n) is 9.48. The summed E-state index contributed by atoms with van der Waals surface area (Å²) < 4.78 is 13.6. The topological polar surface area (TPSA) is 58.2 Å². The second-order valence-corrected chi connectivity index (χ2v) is 6.85. The van der Waals surface area contributed by atoms with E-state index in [1.54, 1.807) is 42.5 Å². The molecule has 0 heterocycles. The number of aryl methyl sites for hydroxylation is 1. The molecule has 2 amide bonds. The van der Waals surface area contributed by atoms with E-state index in [-0.39, 0.29) is 17.6 Å². The van der Waals surface area contributed by atoms with Crippen LogP contribution in [0.4, 0.5) is 4.39 Å². The molecule has 0 saturated heterocycles. The second-order valence-electron chi connectivity index (χ2n) is 6.85. The Morgan fingerprint density at radius 3 is 2.14 bits per heavy atom. The van der Waals surface area contributed by atoms with Crippen molar-refractivity contribution in [2.24, 2.45) is 0 Å². The molecule has 0 aliphatic rings. The summed E-state index contributed by atoms with van der Waals surface area (Å²) >= 11 is 0. The standard InChI is InChI=1S/C24H23FN2O2/c1-17-5-4-6-18(15-17)16-27-24(29)21-11-9-20(10-12-21)23(28)26-14-13-19-7-2-3-8-22(19)25/h2-12,15H,13-14,16H2,1H3,(H,26,28)(H,27,29). The molecular weight excluding hydrogens is 367 g/mol. The van der Waals surface area contributed by atoms with E-state index in [2.05, 4.69) is 10.6 Å². The van der Waals surface area contributed by atoms with Crippen LogP contribution in [0.5, 0.6) is 0 Å². The maximum Gasteiger partial charge on any atom is 0.251 e. The van der Waals surface area contributed by atoms with E-state index in [4.69, 9.17) is 0 Å². The van der Waals surface area contributed by atoms with Gasteiger partial charge >= 0.3 is 0 Å². The normalized spacial score (nSPS) is 10.4. The molecule has 3 aromatic rings. The van der Waals surface area contributed by atoms with Crippen molar-refractivity contribution in [2.45, 2.75) is 19.9 Å². The summed E-state index contributed by atoms with van der Waals surface area (Å²) in [6.07, 6.45) is 0.415. The van der Waals surface area contributed by atoms with Crippen LogP contribution < -0.4 is 10.6 Å². The first-order valence-corrected chi connectivity index (χ1v) is 9.48. The predicted molar refractivity (Wildman–Crippen MR) is 111 cm³/mol. The van der Waals surface area contributed by atoms with E-state index in [1.807, 2.05) is 31.2 Å². The van der Waals surface area contributed by atoms with E-state index >= 15 is 0 Å². The summed E-state index contributed by atoms with van der Waals surface area (Å²) in [5.41, 5.74) is 3.68. The maximum absolute atomic E-state index is 13.6. The minimum absolute atomic E-state index is 0.196. The first-order chi connectivity index (χ1) is 14.0. The van der Waals surface area contributed by atoms with Crippen LogP contribution in [-0.4, -0.2) is 18.4 Å². The van der Waals surface area contributed by atoms with E-state index in [0.717, 1.165) is 11.1 Å². The lowest BCUT2D eigenvalue weighted by atomic mass is 10.1. The Kier molecular flexibility index (Phi) is 6.74. The fourth-order valence-electron chi connectivity index (χ4n) is 2.99. The number of hydrogen-bond acceptors (Lipinski definition) is 2. The highest BCUT2D eigenvalue weighted by molar-refractivity contribution is 5.97. The van der Waals surface area contributed by atoms with Gasteiger partial charge in [-0.25, -0.2) is 4.39 Å². The molecule has 4 nitrogen and oxygen atoms in total. The van der Waals surface area contributed by atoms with Crippen molar-refractivity contribution in [3.63, 3.8) is 0 Å². The third kappa shape index (κ3) is 5.75. The van der Waals surface area contributed by atoms with Crippen LogP contribution in [0.1, 0.15) is 37.4 Å². The van der Waals surface area contributed by atoms with Gasteiger partial charge in [0.2, 0.25) is 0 Å². The molecule has 0 aromatic heterocycles. The lowest BCUT2D eigenvalue weighted by Crippen LogP contribution is -2.26. The lowest BCUT2D eigenvalue weighted by molar-refractivity contribution is 0.0940. The fourth-order valence-corrected chi connectivity index (χ4v) is 2.99. The number of rotatable bonds is 7. The van der Waals surface area contributed by atoms with Crippen molar-refractivity contribution in [1.82, 2.24) is 10.6 Å². The van der Waals surface area contributed by atoms with Crippen molar-refractivity contribution in [1.29, 1.82) is 0 Å². The quantitative estimate of drug-likeness (QED) is 0.640. The second kappa shape index (κ2) is 9.64. The van der Waals surface area contributed by atoms with Gasteiger partial charge in [0.15, 0.2) is 0 Å². The van der Waals surface area contributed by atoms with Gasteiger partial charge in [-0.05, 0) is 54.8 Å². The van der Waals surface area contributed by atoms with E-state index in [0.29, 0.717) is 36.2 Å². The molecule has 0 fully saturated rings. The van der Waals surface area contributed by atoms with Crippen molar-refractivity contribution in [3.05, 3.63) is 106 Å². The number of amides is 2. The number of halogens is 1. The van der Waals surface area contributed by atoms with Crippen LogP contribution in [0.15, 0.2) is 72.8 Å². The first kappa shape index (κ1) is 20.3. The molecule has 3 rings (SSSR count).